The first kappa shape index (κ1) is 4.93. The van der Waals surface area contributed by atoms with Crippen LogP contribution in [0.15, 0.2) is 0 Å². The quantitative estimate of drug-likeness (QED) is 0.339. The van der Waals surface area contributed by atoms with E-state index < -0.39 is 17.7 Å². The van der Waals surface area contributed by atoms with Crippen molar-refractivity contribution < 1.29 is 11.3 Å². The van der Waals surface area contributed by atoms with Crippen LogP contribution in [0.5, 0.6) is 0 Å². The summed E-state index contributed by atoms with van der Waals surface area (Å²) in [6, 6.07) is -1.18. The Hall–Kier alpha value is -0.220. The van der Waals surface area contributed by atoms with E-state index in [1.165, 1.54) is 0 Å². The first-order chi connectivity index (χ1) is 3.55. The molecule has 0 aromatic carbocycles. The maximum atomic E-state index is 9.85. The molecule has 3 N–H and O–H groups in total. The molecule has 0 radical (unpaired) electrons. The average molecular weight is 126 g/mol. The number of aliphatic carboxylic acids is 1. The summed E-state index contributed by atoms with van der Waals surface area (Å²) in [5.74, 6) is -1.19. The van der Waals surface area contributed by atoms with E-state index in [1.54, 1.807) is 0 Å². The fourth-order valence-corrected chi connectivity index (χ4v) is 0.191. The van der Waals surface area contributed by atoms with Gasteiger partial charge < -0.3 is 10.8 Å². The van der Waals surface area contributed by atoms with Crippen LogP contribution in [-0.4, -0.2) is 22.8 Å². The molecule has 0 aliphatic rings. The van der Waals surface area contributed by atoms with Crippen molar-refractivity contribution in [3.05, 3.63) is 0 Å². The molecule has 0 amide bonds. The Morgan fingerprint density at radius 3 is 2.71 bits per heavy atom. The van der Waals surface area contributed by atoms with Gasteiger partial charge in [-0.1, -0.05) is 0 Å². The number of hydrogen-bond donors (Lipinski definition) is 3. The smallest absolute Gasteiger partial charge is 0.321 e. The summed E-state index contributed by atoms with van der Waals surface area (Å²) < 4.78 is 6.67. The predicted molar refractivity (Wildman–Crippen MR) is 29.5 cm³/mol. The zero-order valence-corrected chi connectivity index (χ0v) is 4.43. The molecule has 0 rings (SSSR count). The molecule has 4 heteroatoms. The summed E-state index contributed by atoms with van der Waals surface area (Å²) >= 11 is 3.49. The monoisotopic (exact) mass is 126 g/mol. The van der Waals surface area contributed by atoms with Crippen molar-refractivity contribution in [2.75, 3.05) is 5.73 Å². The first-order valence-corrected chi connectivity index (χ1v) is 2.16. The molecular weight excluding hydrogens is 118 g/mol. The number of carbonyl (C=O) groups is 1. The highest BCUT2D eigenvalue weighted by molar-refractivity contribution is 7.80. The maximum Gasteiger partial charge on any atom is 0.321 e. The molecule has 0 saturated heterocycles. The topological polar surface area (TPSA) is 63.3 Å². The molecule has 0 bridgehead atoms. The normalized spacial score (nSPS) is 20.0. The second-order valence-corrected chi connectivity index (χ2v) is 1.31. The van der Waals surface area contributed by atoms with Crippen LogP contribution in [0.2, 0.25) is 0 Å². The predicted octanol–water partition coefficient (Wildman–Crippen LogP) is -0.672. The highest BCUT2D eigenvalue weighted by atomic mass is 32.1. The molecule has 0 aromatic rings. The third-order valence-electron chi connectivity index (χ3n) is 0.446. The molecule has 0 spiro atoms. The van der Waals surface area contributed by atoms with Gasteiger partial charge in [-0.15, -0.1) is 0 Å². The lowest BCUT2D eigenvalue weighted by molar-refractivity contribution is -0.137. The fourth-order valence-electron chi connectivity index (χ4n) is 0.0638. The fraction of sp³-hybridized carbons (Fsp3) is 0.667. The summed E-state index contributed by atoms with van der Waals surface area (Å²) in [4.78, 5) is 9.85. The van der Waals surface area contributed by atoms with Crippen LogP contribution in [0.1, 0.15) is 1.37 Å². The van der Waals surface area contributed by atoms with Crippen LogP contribution < -0.4 is 5.73 Å². The van der Waals surface area contributed by atoms with E-state index in [0.717, 1.165) is 0 Å². The lowest BCUT2D eigenvalue weighted by Gasteiger charge is -1.96. The molecule has 2 atom stereocenters. The molecule has 0 aliphatic carbocycles. The van der Waals surface area contributed by atoms with Crippen LogP contribution in [0.3, 0.4) is 0 Å². The number of carboxylic acids is 1. The first-order valence-electron chi connectivity index (χ1n) is 2.22. The van der Waals surface area contributed by atoms with Crippen molar-refractivity contribution in [1.82, 2.24) is 0 Å². The van der Waals surface area contributed by atoms with Gasteiger partial charge in [-0.25, -0.2) is 0 Å². The summed E-state index contributed by atoms with van der Waals surface area (Å²) in [6.07, 6.45) is 0. The third-order valence-corrected chi connectivity index (χ3v) is 0.767. The van der Waals surface area contributed by atoms with Gasteiger partial charge in [0.1, 0.15) is 6.04 Å². The van der Waals surface area contributed by atoms with E-state index in [1.807, 2.05) is 0 Å². The van der Waals surface area contributed by atoms with Crippen LogP contribution >= 0.6 is 12.6 Å². The second kappa shape index (κ2) is 2.87. The number of carboxylic acid groups (broad SMARTS) is 1. The third kappa shape index (κ3) is 2.47. The number of rotatable bonds is 2. The van der Waals surface area contributed by atoms with Gasteiger partial charge in [0, 0.05) is 7.10 Å². The Labute approximate surface area is 48.3 Å². The van der Waals surface area contributed by atoms with Crippen LogP contribution in [0.4, 0.5) is 0 Å². The molecule has 0 heterocycles. The molecule has 0 unspecified atom stereocenters. The van der Waals surface area contributed by atoms with Gasteiger partial charge >= 0.3 is 5.97 Å². The molecule has 7 heavy (non-hydrogen) atoms. The van der Waals surface area contributed by atoms with Crippen molar-refractivity contribution in [2.24, 2.45) is 5.73 Å². The zero-order chi connectivity index (χ0) is 6.73. The van der Waals surface area contributed by atoms with Crippen molar-refractivity contribution in [2.45, 2.75) is 6.04 Å². The van der Waals surface area contributed by atoms with Gasteiger partial charge in [0.25, 0.3) is 0 Å². The van der Waals surface area contributed by atoms with Gasteiger partial charge in [-0.05, 0) is 0 Å². The van der Waals surface area contributed by atoms with Crippen LogP contribution in [0, 0.1) is 0 Å². The molecular formula is C3H7NO2S. The highest BCUT2D eigenvalue weighted by Crippen LogP contribution is 1.80. The minimum absolute atomic E-state index is 1.03. The lowest BCUT2D eigenvalue weighted by Crippen LogP contribution is -2.31. The van der Waals surface area contributed by atoms with Gasteiger partial charge in [0.15, 0.2) is 0 Å². The maximum absolute atomic E-state index is 9.85. The minimum Gasteiger partial charge on any atom is -0.480 e. The van der Waals surface area contributed by atoms with Crippen LogP contribution in [-0.2, 0) is 4.79 Å². The molecule has 0 fully saturated rings. The molecule has 0 aliphatic heterocycles. The summed E-state index contributed by atoms with van der Waals surface area (Å²) in [5.41, 5.74) is 3.86. The molecule has 42 valence electrons. The molecule has 0 aromatic heterocycles. The van der Waals surface area contributed by atoms with Crippen molar-refractivity contribution in [1.29, 1.82) is 0 Å². The van der Waals surface area contributed by atoms with Gasteiger partial charge in [0.2, 0.25) is 0 Å². The van der Waals surface area contributed by atoms with Crippen molar-refractivity contribution in [3.8, 4) is 0 Å². The van der Waals surface area contributed by atoms with Gasteiger partial charge in [0.05, 0.1) is 0 Å². The number of hydrogen-bond acceptors (Lipinski definition) is 3. The summed E-state index contributed by atoms with van der Waals surface area (Å²) in [5, 5.41) is 8.06. The van der Waals surface area contributed by atoms with E-state index in [0.29, 0.717) is 0 Å². The standard InChI is InChI=1S/C3H7NO2S/c4-2(1-7)3(5)6/h2,7H,1,4H2,(H,5,6)/t2-/m0/s1/i1D,3+3,4+1/t1-,2-. The Kier molecular flexibility index (Phi) is 2.02. The van der Waals surface area contributed by atoms with Crippen molar-refractivity contribution >= 4 is 18.6 Å². The van der Waals surface area contributed by atoms with E-state index in [4.69, 9.17) is 12.2 Å². The zero-order valence-electron chi connectivity index (χ0n) is 4.53. The Bertz CT molecular complexity index is 97.3. The number of nitrogens with two attached hydrogens (primary N) is 1. The summed E-state index contributed by atoms with van der Waals surface area (Å²) in [7, 11) is 0. The van der Waals surface area contributed by atoms with Gasteiger partial charge in [-0.3, -0.25) is 4.79 Å². The Balaban J connectivity index is 3.64. The van der Waals surface area contributed by atoms with Crippen LogP contribution in [0.25, 0.3) is 0 Å². The Morgan fingerprint density at radius 2 is 2.71 bits per heavy atom. The highest BCUT2D eigenvalue weighted by Gasteiger charge is 2.06. The Morgan fingerprint density at radius 1 is 2.29 bits per heavy atom. The van der Waals surface area contributed by atoms with Crippen molar-refractivity contribution in [3.63, 3.8) is 0 Å². The van der Waals surface area contributed by atoms with E-state index >= 15 is 0 Å². The summed E-state index contributed by atoms with van der Waals surface area (Å²) in [6.45, 7) is 0. The van der Waals surface area contributed by atoms with E-state index in [-0.39, 0.29) is 0 Å². The van der Waals surface area contributed by atoms with E-state index in [9.17, 15) is 4.79 Å². The lowest BCUT2D eigenvalue weighted by atomic mass is 10.7. The SMILES string of the molecule is [2H][C@H](S)[C@H]([15NH2])[15C](=O)O. The van der Waals surface area contributed by atoms with Gasteiger partial charge in [-0.2, -0.15) is 12.6 Å². The largest absolute Gasteiger partial charge is 0.480 e. The molecule has 3 nitrogen and oxygen atoms in total. The number of thiol groups is 1. The second-order valence-electron chi connectivity index (χ2n) is 1.01. The minimum atomic E-state index is -1.19. The molecule has 0 saturated carbocycles. The average Bonchev–Trinajstić information content (AvgIpc) is 1.64. The van der Waals surface area contributed by atoms with E-state index in [2.05, 4.69) is 12.6 Å².